The van der Waals surface area contributed by atoms with Gasteiger partial charge in [-0.3, -0.25) is 4.79 Å². The number of nitrogens with one attached hydrogen (secondary N) is 1. The summed E-state index contributed by atoms with van der Waals surface area (Å²) in [6, 6.07) is 4.01. The molecule has 0 bridgehead atoms. The van der Waals surface area contributed by atoms with Crippen LogP contribution in [0.3, 0.4) is 0 Å². The number of amides is 1. The van der Waals surface area contributed by atoms with Gasteiger partial charge in [-0.1, -0.05) is 32.1 Å². The number of carboxylic acids is 1. The number of anilines is 1. The van der Waals surface area contributed by atoms with E-state index in [1.807, 2.05) is 0 Å². The number of aromatic nitrogens is 1. The van der Waals surface area contributed by atoms with Crippen LogP contribution in [0.1, 0.15) is 31.1 Å². The Kier molecular flexibility index (Phi) is 3.87. The summed E-state index contributed by atoms with van der Waals surface area (Å²) in [7, 11) is 0. The van der Waals surface area contributed by atoms with Crippen molar-refractivity contribution in [3.05, 3.63) is 23.8 Å². The topological polar surface area (TPSA) is 105 Å². The molecule has 0 aliphatic carbocycles. The maximum absolute atomic E-state index is 12.2. The van der Waals surface area contributed by atoms with Gasteiger partial charge in [0.05, 0.1) is 10.2 Å². The van der Waals surface area contributed by atoms with Gasteiger partial charge in [0.15, 0.2) is 5.13 Å². The van der Waals surface area contributed by atoms with E-state index in [-0.39, 0.29) is 0 Å². The van der Waals surface area contributed by atoms with Gasteiger partial charge in [-0.2, -0.15) is 0 Å². The van der Waals surface area contributed by atoms with Crippen molar-refractivity contribution >= 4 is 38.6 Å². The van der Waals surface area contributed by atoms with Crippen LogP contribution in [0, 0.1) is 5.41 Å². The quantitative estimate of drug-likeness (QED) is 0.805. The third-order valence-corrected chi connectivity index (χ3v) is 3.90. The summed E-state index contributed by atoms with van der Waals surface area (Å²) < 4.78 is 0.794. The standard InChI is InChI=1S/C14H17N3O3S/c1-14(2,3)10(12(19)20)17-11(18)7-4-5-8-9(6-7)21-13(15)16-8/h4-6,10H,1-3H3,(H2,15,16)(H,17,18)(H,19,20). The first-order valence-electron chi connectivity index (χ1n) is 6.38. The Balaban J connectivity index is 2.27. The van der Waals surface area contributed by atoms with Crippen LogP contribution in [0.5, 0.6) is 0 Å². The fraction of sp³-hybridized carbons (Fsp3) is 0.357. The zero-order chi connectivity index (χ0) is 15.8. The highest BCUT2D eigenvalue weighted by atomic mass is 32.1. The summed E-state index contributed by atoms with van der Waals surface area (Å²) in [6.07, 6.45) is 0. The van der Waals surface area contributed by atoms with Gasteiger partial charge in [-0.15, -0.1) is 0 Å². The van der Waals surface area contributed by atoms with Crippen molar-refractivity contribution in [2.75, 3.05) is 5.73 Å². The molecular formula is C14H17N3O3S. The van der Waals surface area contributed by atoms with Crippen molar-refractivity contribution in [3.63, 3.8) is 0 Å². The van der Waals surface area contributed by atoms with Crippen molar-refractivity contribution in [1.29, 1.82) is 0 Å². The highest BCUT2D eigenvalue weighted by molar-refractivity contribution is 7.22. The number of hydrogen-bond acceptors (Lipinski definition) is 5. The number of carbonyl (C=O) groups is 2. The largest absolute Gasteiger partial charge is 0.480 e. The predicted molar refractivity (Wildman–Crippen MR) is 82.4 cm³/mol. The normalized spacial score (nSPS) is 13.1. The molecule has 0 saturated heterocycles. The SMILES string of the molecule is CC(C)(C)C(NC(=O)c1ccc2nc(N)sc2c1)C(=O)O. The van der Waals surface area contributed by atoms with Gasteiger partial charge >= 0.3 is 5.97 Å². The van der Waals surface area contributed by atoms with E-state index in [2.05, 4.69) is 10.3 Å². The molecule has 0 spiro atoms. The summed E-state index contributed by atoms with van der Waals surface area (Å²) in [4.78, 5) is 27.6. The molecule has 0 aliphatic heterocycles. The number of benzene rings is 1. The molecule has 1 aromatic carbocycles. The summed E-state index contributed by atoms with van der Waals surface area (Å²) in [5, 5.41) is 12.2. The van der Waals surface area contributed by atoms with Crippen LogP contribution >= 0.6 is 11.3 Å². The number of rotatable bonds is 3. The molecule has 7 heteroatoms. The van der Waals surface area contributed by atoms with Crippen LogP contribution in [0.2, 0.25) is 0 Å². The molecule has 0 radical (unpaired) electrons. The first-order valence-corrected chi connectivity index (χ1v) is 7.20. The van der Waals surface area contributed by atoms with E-state index in [1.165, 1.54) is 11.3 Å². The lowest BCUT2D eigenvalue weighted by Gasteiger charge is -2.27. The Morgan fingerprint density at radius 3 is 2.62 bits per heavy atom. The van der Waals surface area contributed by atoms with Crippen molar-refractivity contribution in [3.8, 4) is 0 Å². The average molecular weight is 307 g/mol. The third-order valence-electron chi connectivity index (χ3n) is 3.06. The molecule has 0 fully saturated rings. The van der Waals surface area contributed by atoms with E-state index < -0.39 is 23.3 Å². The Labute approximate surface area is 126 Å². The van der Waals surface area contributed by atoms with Crippen LogP contribution in [0.15, 0.2) is 18.2 Å². The smallest absolute Gasteiger partial charge is 0.326 e. The lowest BCUT2D eigenvalue weighted by atomic mass is 9.86. The van der Waals surface area contributed by atoms with Crippen LogP contribution in [0.25, 0.3) is 10.2 Å². The molecule has 1 unspecified atom stereocenters. The molecule has 2 aromatic rings. The number of nitrogens with two attached hydrogens (primary N) is 1. The molecule has 1 amide bonds. The summed E-state index contributed by atoms with van der Waals surface area (Å²) >= 11 is 1.28. The Morgan fingerprint density at radius 2 is 2.05 bits per heavy atom. The summed E-state index contributed by atoms with van der Waals surface area (Å²) in [6.45, 7) is 5.29. The first kappa shape index (κ1) is 15.2. The van der Waals surface area contributed by atoms with Crippen LogP contribution in [0.4, 0.5) is 5.13 Å². The van der Waals surface area contributed by atoms with Gasteiger partial charge in [0.2, 0.25) is 0 Å². The van der Waals surface area contributed by atoms with Gasteiger partial charge in [0, 0.05) is 5.56 Å². The van der Waals surface area contributed by atoms with Gasteiger partial charge in [0.1, 0.15) is 6.04 Å². The number of thiazole rings is 1. The molecule has 1 atom stereocenters. The van der Waals surface area contributed by atoms with Crippen molar-refractivity contribution < 1.29 is 14.7 Å². The number of nitrogen functional groups attached to an aromatic ring is 1. The van der Waals surface area contributed by atoms with Crippen molar-refractivity contribution in [2.45, 2.75) is 26.8 Å². The molecule has 0 saturated carbocycles. The van der Waals surface area contributed by atoms with E-state index in [1.54, 1.807) is 39.0 Å². The highest BCUT2D eigenvalue weighted by Gasteiger charge is 2.32. The minimum Gasteiger partial charge on any atom is -0.480 e. The molecule has 6 nitrogen and oxygen atoms in total. The molecule has 4 N–H and O–H groups in total. The van der Waals surface area contributed by atoms with Gasteiger partial charge in [0.25, 0.3) is 5.91 Å². The Hall–Kier alpha value is -2.15. The monoisotopic (exact) mass is 307 g/mol. The highest BCUT2D eigenvalue weighted by Crippen LogP contribution is 2.25. The van der Waals surface area contributed by atoms with E-state index >= 15 is 0 Å². The fourth-order valence-corrected chi connectivity index (χ4v) is 2.72. The van der Waals surface area contributed by atoms with E-state index in [0.717, 1.165) is 10.2 Å². The number of carbonyl (C=O) groups excluding carboxylic acids is 1. The second-order valence-corrected chi connectivity index (χ2v) is 6.91. The number of hydrogen-bond donors (Lipinski definition) is 3. The van der Waals surface area contributed by atoms with Crippen molar-refractivity contribution in [2.24, 2.45) is 5.41 Å². The van der Waals surface area contributed by atoms with Crippen LogP contribution in [-0.4, -0.2) is 28.0 Å². The minimum absolute atomic E-state index is 0.390. The summed E-state index contributed by atoms with van der Waals surface area (Å²) in [5.74, 6) is -1.48. The maximum Gasteiger partial charge on any atom is 0.326 e. The summed E-state index contributed by atoms with van der Waals surface area (Å²) in [5.41, 5.74) is 6.15. The lowest BCUT2D eigenvalue weighted by molar-refractivity contribution is -0.142. The number of fused-ring (bicyclic) bond motifs is 1. The molecule has 21 heavy (non-hydrogen) atoms. The van der Waals surface area contributed by atoms with E-state index in [0.29, 0.717) is 10.7 Å². The molecule has 1 heterocycles. The minimum atomic E-state index is -1.06. The molecular weight excluding hydrogens is 290 g/mol. The van der Waals surface area contributed by atoms with Gasteiger partial charge in [-0.25, -0.2) is 9.78 Å². The second-order valence-electron chi connectivity index (χ2n) is 5.85. The van der Waals surface area contributed by atoms with Gasteiger partial charge in [-0.05, 0) is 23.6 Å². The number of carboxylic acid groups (broad SMARTS) is 1. The van der Waals surface area contributed by atoms with E-state index in [9.17, 15) is 14.7 Å². The number of aliphatic carboxylic acids is 1. The molecule has 0 aliphatic rings. The Bertz CT molecular complexity index is 703. The maximum atomic E-state index is 12.2. The number of nitrogens with zero attached hydrogens (tertiary/aromatic N) is 1. The lowest BCUT2D eigenvalue weighted by Crippen LogP contribution is -2.49. The molecule has 1 aromatic heterocycles. The zero-order valence-corrected chi connectivity index (χ0v) is 12.8. The van der Waals surface area contributed by atoms with Crippen LogP contribution in [-0.2, 0) is 4.79 Å². The van der Waals surface area contributed by atoms with E-state index in [4.69, 9.17) is 5.73 Å². The van der Waals surface area contributed by atoms with Crippen molar-refractivity contribution in [1.82, 2.24) is 10.3 Å². The third kappa shape index (κ3) is 3.30. The second kappa shape index (κ2) is 5.33. The average Bonchev–Trinajstić information content (AvgIpc) is 2.72. The Morgan fingerprint density at radius 1 is 1.38 bits per heavy atom. The van der Waals surface area contributed by atoms with Crippen LogP contribution < -0.4 is 11.1 Å². The zero-order valence-electron chi connectivity index (χ0n) is 12.0. The predicted octanol–water partition coefficient (Wildman–Crippen LogP) is 2.11. The molecule has 112 valence electrons. The molecule has 2 rings (SSSR count). The first-order chi connectivity index (χ1) is 9.68. The fourth-order valence-electron chi connectivity index (χ4n) is 1.95. The van der Waals surface area contributed by atoms with Gasteiger partial charge < -0.3 is 16.2 Å².